The summed E-state index contributed by atoms with van der Waals surface area (Å²) in [6, 6.07) is 0. The normalized spacial score (nSPS) is 10.1. The van der Waals surface area contributed by atoms with Gasteiger partial charge in [0.15, 0.2) is 0 Å². The van der Waals surface area contributed by atoms with Gasteiger partial charge < -0.3 is 9.84 Å². The van der Waals surface area contributed by atoms with Gasteiger partial charge in [0.2, 0.25) is 5.95 Å². The number of aromatic amines is 1. The zero-order valence-electron chi connectivity index (χ0n) is 6.40. The second-order valence-corrected chi connectivity index (χ2v) is 2.27. The van der Waals surface area contributed by atoms with Gasteiger partial charge in [0.05, 0.1) is 0 Å². The van der Waals surface area contributed by atoms with Crippen LogP contribution in [0.4, 0.5) is 11.6 Å². The molecule has 2 N–H and O–H groups in total. The molecular weight excluding hydrogens is 158 g/mol. The zero-order valence-corrected chi connectivity index (χ0v) is 6.40. The van der Waals surface area contributed by atoms with E-state index in [4.69, 9.17) is 4.52 Å². The van der Waals surface area contributed by atoms with Crippen LogP contribution in [-0.2, 0) is 0 Å². The maximum atomic E-state index is 4.72. The molecule has 2 aromatic rings. The summed E-state index contributed by atoms with van der Waals surface area (Å²) in [4.78, 5) is 3.88. The average Bonchev–Trinajstić information content (AvgIpc) is 2.65. The highest BCUT2D eigenvalue weighted by molar-refractivity contribution is 5.53. The molecule has 0 saturated carbocycles. The maximum absolute atomic E-state index is 4.72. The van der Waals surface area contributed by atoms with Crippen molar-refractivity contribution < 1.29 is 4.52 Å². The molecule has 0 aliphatic rings. The van der Waals surface area contributed by atoms with Crippen LogP contribution in [0.2, 0.25) is 0 Å². The molecule has 0 fully saturated rings. The van der Waals surface area contributed by atoms with Crippen molar-refractivity contribution in [1.82, 2.24) is 20.3 Å². The Balaban J connectivity index is 2.20. The molecule has 0 radical (unpaired) electrons. The molecule has 0 aliphatic carbocycles. The van der Waals surface area contributed by atoms with E-state index < -0.39 is 0 Å². The van der Waals surface area contributed by atoms with E-state index in [1.54, 1.807) is 0 Å². The molecule has 2 rings (SSSR count). The Kier molecular flexibility index (Phi) is 1.51. The van der Waals surface area contributed by atoms with E-state index in [-0.39, 0.29) is 0 Å². The largest absolute Gasteiger partial charge is 0.362 e. The van der Waals surface area contributed by atoms with Crippen molar-refractivity contribution in [1.29, 1.82) is 0 Å². The molecule has 2 aromatic heterocycles. The first-order chi connectivity index (χ1) is 5.86. The highest BCUT2D eigenvalue weighted by atomic mass is 16.5. The number of anilines is 2. The molecule has 0 unspecified atom stereocenters. The third-order valence-corrected chi connectivity index (χ3v) is 1.42. The fourth-order valence-corrected chi connectivity index (χ4v) is 0.806. The molecule has 0 aliphatic heterocycles. The fourth-order valence-electron chi connectivity index (χ4n) is 0.806. The summed E-state index contributed by atoms with van der Waals surface area (Å²) >= 11 is 0. The lowest BCUT2D eigenvalue weighted by Crippen LogP contribution is -1.92. The van der Waals surface area contributed by atoms with Crippen molar-refractivity contribution in [3.8, 4) is 0 Å². The summed E-state index contributed by atoms with van der Waals surface area (Å²) in [6.45, 7) is 1.84. The standard InChI is InChI=1S/C6H7N5O/c1-4-5(2-12-11-4)9-6-7-3-8-10-6/h2-3H,1H3,(H2,7,8,9,10). The second kappa shape index (κ2) is 2.65. The van der Waals surface area contributed by atoms with Crippen LogP contribution in [0.5, 0.6) is 0 Å². The molecule has 0 bridgehead atoms. The lowest BCUT2D eigenvalue weighted by molar-refractivity contribution is 0.415. The van der Waals surface area contributed by atoms with Gasteiger partial charge in [-0.1, -0.05) is 5.16 Å². The molecule has 0 atom stereocenters. The van der Waals surface area contributed by atoms with Gasteiger partial charge in [-0.15, -0.1) is 0 Å². The highest BCUT2D eigenvalue weighted by Crippen LogP contribution is 2.14. The van der Waals surface area contributed by atoms with E-state index in [1.807, 2.05) is 6.92 Å². The lowest BCUT2D eigenvalue weighted by Gasteiger charge is -1.95. The first-order valence-corrected chi connectivity index (χ1v) is 3.39. The van der Waals surface area contributed by atoms with Crippen molar-refractivity contribution in [2.24, 2.45) is 0 Å². The predicted molar refractivity (Wildman–Crippen MR) is 40.9 cm³/mol. The molecule has 0 aromatic carbocycles. The molecule has 62 valence electrons. The van der Waals surface area contributed by atoms with Gasteiger partial charge in [-0.2, -0.15) is 10.1 Å². The zero-order chi connectivity index (χ0) is 8.39. The first kappa shape index (κ1) is 6.84. The number of H-pyrrole nitrogens is 1. The number of hydrogen-bond donors (Lipinski definition) is 2. The molecule has 0 spiro atoms. The van der Waals surface area contributed by atoms with Crippen molar-refractivity contribution >= 4 is 11.6 Å². The third-order valence-electron chi connectivity index (χ3n) is 1.42. The highest BCUT2D eigenvalue weighted by Gasteiger charge is 2.03. The molecule has 0 saturated heterocycles. The quantitative estimate of drug-likeness (QED) is 0.689. The van der Waals surface area contributed by atoms with Crippen LogP contribution in [-0.4, -0.2) is 20.3 Å². The topological polar surface area (TPSA) is 79.6 Å². The Labute approximate surface area is 68.0 Å². The molecule has 0 amide bonds. The van der Waals surface area contributed by atoms with Crippen LogP contribution in [0.3, 0.4) is 0 Å². The Morgan fingerprint density at radius 3 is 3.08 bits per heavy atom. The average molecular weight is 165 g/mol. The molecule has 12 heavy (non-hydrogen) atoms. The summed E-state index contributed by atoms with van der Waals surface area (Å²) in [5, 5.41) is 13.0. The smallest absolute Gasteiger partial charge is 0.223 e. The summed E-state index contributed by atoms with van der Waals surface area (Å²) in [5.41, 5.74) is 1.57. The minimum Gasteiger partial charge on any atom is -0.362 e. The van der Waals surface area contributed by atoms with Gasteiger partial charge >= 0.3 is 0 Å². The Hall–Kier alpha value is -1.85. The van der Waals surface area contributed by atoms with Gasteiger partial charge in [-0.3, -0.25) is 0 Å². The van der Waals surface area contributed by atoms with E-state index in [0.717, 1.165) is 11.4 Å². The third kappa shape index (κ3) is 1.14. The summed E-state index contributed by atoms with van der Waals surface area (Å²) in [5.74, 6) is 0.571. The lowest BCUT2D eigenvalue weighted by atomic mass is 10.4. The van der Waals surface area contributed by atoms with Gasteiger partial charge in [0.1, 0.15) is 24.0 Å². The van der Waals surface area contributed by atoms with Crippen LogP contribution in [0.1, 0.15) is 5.69 Å². The number of aromatic nitrogens is 4. The Morgan fingerprint density at radius 1 is 1.58 bits per heavy atom. The van der Waals surface area contributed by atoms with Crippen molar-refractivity contribution in [3.63, 3.8) is 0 Å². The summed E-state index contributed by atoms with van der Waals surface area (Å²) in [7, 11) is 0. The molecular formula is C6H7N5O. The van der Waals surface area contributed by atoms with E-state index in [1.165, 1.54) is 12.6 Å². The number of hydrogen-bond acceptors (Lipinski definition) is 5. The van der Waals surface area contributed by atoms with Gasteiger partial charge in [-0.25, -0.2) is 5.10 Å². The number of rotatable bonds is 2. The van der Waals surface area contributed by atoms with Gasteiger partial charge in [0, 0.05) is 0 Å². The number of aryl methyl sites for hydroxylation is 1. The monoisotopic (exact) mass is 165 g/mol. The van der Waals surface area contributed by atoms with Gasteiger partial charge in [0.25, 0.3) is 0 Å². The predicted octanol–water partition coefficient (Wildman–Crippen LogP) is 0.845. The molecule has 2 heterocycles. The van der Waals surface area contributed by atoms with Crippen LogP contribution >= 0.6 is 0 Å². The van der Waals surface area contributed by atoms with Crippen LogP contribution in [0.15, 0.2) is 17.1 Å². The van der Waals surface area contributed by atoms with Crippen LogP contribution in [0, 0.1) is 6.92 Å². The van der Waals surface area contributed by atoms with Crippen molar-refractivity contribution in [2.75, 3.05) is 5.32 Å². The van der Waals surface area contributed by atoms with Gasteiger partial charge in [-0.05, 0) is 6.92 Å². The van der Waals surface area contributed by atoms with E-state index in [2.05, 4.69) is 25.7 Å². The maximum Gasteiger partial charge on any atom is 0.223 e. The van der Waals surface area contributed by atoms with E-state index >= 15 is 0 Å². The van der Waals surface area contributed by atoms with E-state index in [0.29, 0.717) is 5.95 Å². The minimum absolute atomic E-state index is 0.571. The number of nitrogens with one attached hydrogen (secondary N) is 2. The van der Waals surface area contributed by atoms with Crippen LogP contribution < -0.4 is 5.32 Å². The van der Waals surface area contributed by atoms with Crippen molar-refractivity contribution in [3.05, 3.63) is 18.3 Å². The van der Waals surface area contributed by atoms with Crippen LogP contribution in [0.25, 0.3) is 0 Å². The SMILES string of the molecule is Cc1nocc1Nc1ncn[nH]1. The summed E-state index contributed by atoms with van der Waals surface area (Å²) < 4.78 is 4.72. The second-order valence-electron chi connectivity index (χ2n) is 2.27. The Bertz CT molecular complexity index is 352. The summed E-state index contributed by atoms with van der Waals surface area (Å²) in [6.07, 6.45) is 2.93. The first-order valence-electron chi connectivity index (χ1n) is 3.39. The van der Waals surface area contributed by atoms with Crippen molar-refractivity contribution in [2.45, 2.75) is 6.92 Å². The molecule has 6 heteroatoms. The number of nitrogens with zero attached hydrogens (tertiary/aromatic N) is 3. The van der Waals surface area contributed by atoms with E-state index in [9.17, 15) is 0 Å². The molecule has 6 nitrogen and oxygen atoms in total. The Morgan fingerprint density at radius 2 is 2.50 bits per heavy atom. The minimum atomic E-state index is 0.571. The fraction of sp³-hybridized carbons (Fsp3) is 0.167.